The summed E-state index contributed by atoms with van der Waals surface area (Å²) in [6.07, 6.45) is 4.45. The van der Waals surface area contributed by atoms with Crippen LogP contribution in [0.5, 0.6) is 0 Å². The van der Waals surface area contributed by atoms with Crippen LogP contribution in [0.2, 0.25) is 0 Å². The van der Waals surface area contributed by atoms with Crippen LogP contribution in [0.3, 0.4) is 0 Å². The van der Waals surface area contributed by atoms with Gasteiger partial charge < -0.3 is 14.1 Å². The number of thiazole rings is 1. The van der Waals surface area contributed by atoms with E-state index < -0.39 is 0 Å². The van der Waals surface area contributed by atoms with Crippen molar-refractivity contribution in [2.45, 2.75) is 26.8 Å². The predicted molar refractivity (Wildman–Crippen MR) is 120 cm³/mol. The molecule has 31 heavy (non-hydrogen) atoms. The summed E-state index contributed by atoms with van der Waals surface area (Å²) in [6.45, 7) is 9.48. The molecule has 1 amide bonds. The Morgan fingerprint density at radius 1 is 1.16 bits per heavy atom. The molecule has 1 fully saturated rings. The number of aromatic nitrogens is 2. The fraction of sp³-hybridized carbons (Fsp3) is 0.435. The smallest absolute Gasteiger partial charge is 0.266 e. The van der Waals surface area contributed by atoms with Crippen LogP contribution >= 0.6 is 11.3 Å². The normalized spacial score (nSPS) is 14.6. The molecule has 8 heteroatoms. The number of carbonyl (C=O) groups is 1. The summed E-state index contributed by atoms with van der Waals surface area (Å²) >= 11 is 1.40. The van der Waals surface area contributed by atoms with Gasteiger partial charge in [0.25, 0.3) is 5.91 Å². The number of aryl methyl sites for hydroxylation is 2. The molecule has 1 aliphatic heterocycles. The Bertz CT molecular complexity index is 995. The highest BCUT2D eigenvalue weighted by Crippen LogP contribution is 2.30. The van der Waals surface area contributed by atoms with Crippen molar-refractivity contribution >= 4 is 17.2 Å². The molecule has 0 bridgehead atoms. The number of ether oxygens (including phenoxy) is 1. The van der Waals surface area contributed by atoms with Crippen molar-refractivity contribution in [1.82, 2.24) is 19.8 Å². The summed E-state index contributed by atoms with van der Waals surface area (Å²) in [6, 6.07) is 7.73. The predicted octanol–water partition coefficient (Wildman–Crippen LogP) is 3.78. The van der Waals surface area contributed by atoms with Crippen LogP contribution in [-0.4, -0.2) is 65.1 Å². The van der Waals surface area contributed by atoms with Gasteiger partial charge in [0.1, 0.15) is 10.6 Å². The zero-order valence-corrected chi connectivity index (χ0v) is 18.9. The largest absolute Gasteiger partial charge is 0.459 e. The zero-order chi connectivity index (χ0) is 21.6. The van der Waals surface area contributed by atoms with Gasteiger partial charge in [0.15, 0.2) is 10.8 Å². The highest BCUT2D eigenvalue weighted by molar-refractivity contribution is 7.17. The van der Waals surface area contributed by atoms with Crippen molar-refractivity contribution in [2.24, 2.45) is 0 Å². The molecule has 4 heterocycles. The summed E-state index contributed by atoms with van der Waals surface area (Å²) in [5.41, 5.74) is 1.81. The molecule has 0 radical (unpaired) electrons. The van der Waals surface area contributed by atoms with Crippen LogP contribution in [0.4, 0.5) is 0 Å². The fourth-order valence-electron chi connectivity index (χ4n) is 3.66. The number of hydrogen-bond acceptors (Lipinski definition) is 7. The van der Waals surface area contributed by atoms with Gasteiger partial charge in [0.2, 0.25) is 0 Å². The summed E-state index contributed by atoms with van der Waals surface area (Å²) in [4.78, 5) is 27.2. The number of nitrogens with zero attached hydrogens (tertiary/aromatic N) is 4. The maximum atomic E-state index is 13.5. The van der Waals surface area contributed by atoms with Crippen molar-refractivity contribution in [3.05, 3.63) is 58.6 Å². The molecule has 164 valence electrons. The highest BCUT2D eigenvalue weighted by atomic mass is 32.1. The maximum absolute atomic E-state index is 13.5. The van der Waals surface area contributed by atoms with Crippen LogP contribution in [0, 0.1) is 13.8 Å². The lowest BCUT2D eigenvalue weighted by Gasteiger charge is -2.28. The average molecular weight is 441 g/mol. The molecule has 1 saturated heterocycles. The quantitative estimate of drug-likeness (QED) is 0.531. The monoisotopic (exact) mass is 440 g/mol. The lowest BCUT2D eigenvalue weighted by Crippen LogP contribution is -2.39. The molecule has 0 unspecified atom stereocenters. The molecule has 7 nitrogen and oxygen atoms in total. The van der Waals surface area contributed by atoms with E-state index >= 15 is 0 Å². The van der Waals surface area contributed by atoms with Gasteiger partial charge in [-0.3, -0.25) is 14.7 Å². The first-order chi connectivity index (χ1) is 15.1. The maximum Gasteiger partial charge on any atom is 0.266 e. The third kappa shape index (κ3) is 5.58. The molecule has 0 N–H and O–H groups in total. The lowest BCUT2D eigenvalue weighted by atomic mass is 10.2. The van der Waals surface area contributed by atoms with Gasteiger partial charge in [-0.25, -0.2) is 4.98 Å². The van der Waals surface area contributed by atoms with Crippen molar-refractivity contribution in [1.29, 1.82) is 0 Å². The second kappa shape index (κ2) is 10.2. The second-order valence-corrected chi connectivity index (χ2v) is 8.73. The van der Waals surface area contributed by atoms with E-state index in [0.717, 1.165) is 61.3 Å². The van der Waals surface area contributed by atoms with E-state index in [1.807, 2.05) is 43.0 Å². The van der Waals surface area contributed by atoms with Gasteiger partial charge in [-0.2, -0.15) is 0 Å². The Balaban J connectivity index is 1.49. The van der Waals surface area contributed by atoms with Crippen LogP contribution in [0.1, 0.15) is 33.1 Å². The first-order valence-electron chi connectivity index (χ1n) is 10.6. The number of hydrogen-bond donors (Lipinski definition) is 0. The van der Waals surface area contributed by atoms with E-state index in [1.54, 1.807) is 12.4 Å². The van der Waals surface area contributed by atoms with Crippen molar-refractivity contribution in [3.8, 4) is 10.8 Å². The van der Waals surface area contributed by atoms with Gasteiger partial charge in [0, 0.05) is 45.1 Å². The van der Waals surface area contributed by atoms with Gasteiger partial charge >= 0.3 is 0 Å². The highest BCUT2D eigenvalue weighted by Gasteiger charge is 2.23. The van der Waals surface area contributed by atoms with Gasteiger partial charge in [0.05, 0.1) is 18.9 Å². The van der Waals surface area contributed by atoms with E-state index in [4.69, 9.17) is 9.15 Å². The van der Waals surface area contributed by atoms with Crippen molar-refractivity contribution in [2.75, 3.05) is 39.4 Å². The summed E-state index contributed by atoms with van der Waals surface area (Å²) < 4.78 is 11.1. The minimum Gasteiger partial charge on any atom is -0.459 e. The topological polar surface area (TPSA) is 71.7 Å². The van der Waals surface area contributed by atoms with Crippen molar-refractivity contribution < 1.29 is 13.9 Å². The summed E-state index contributed by atoms with van der Waals surface area (Å²) in [5, 5.41) is 0.742. The van der Waals surface area contributed by atoms with E-state index in [2.05, 4.69) is 14.9 Å². The fourth-order valence-corrected chi connectivity index (χ4v) is 4.66. The lowest BCUT2D eigenvalue weighted by molar-refractivity contribution is 0.0356. The number of furan rings is 1. The molecule has 0 aromatic carbocycles. The first kappa shape index (κ1) is 21.7. The molecule has 0 aliphatic carbocycles. The third-order valence-corrected chi connectivity index (χ3v) is 6.52. The minimum atomic E-state index is 0.0170. The van der Waals surface area contributed by atoms with Gasteiger partial charge in [-0.05, 0) is 50.1 Å². The second-order valence-electron chi connectivity index (χ2n) is 7.73. The van der Waals surface area contributed by atoms with Crippen LogP contribution < -0.4 is 0 Å². The molecule has 1 aliphatic rings. The first-order valence-corrected chi connectivity index (χ1v) is 11.4. The average Bonchev–Trinajstić information content (AvgIpc) is 3.39. The molecule has 3 aromatic rings. The molecule has 0 saturated carbocycles. The third-order valence-electron chi connectivity index (χ3n) is 5.36. The zero-order valence-electron chi connectivity index (χ0n) is 18.0. The van der Waals surface area contributed by atoms with Crippen LogP contribution in [0.25, 0.3) is 10.8 Å². The molecular weight excluding hydrogens is 412 g/mol. The number of amides is 1. The minimum absolute atomic E-state index is 0.0170. The number of morpholine rings is 1. The summed E-state index contributed by atoms with van der Waals surface area (Å²) in [7, 11) is 0. The standard InChI is InChI=1S/C23H28N4O3S/c1-17-4-5-20(30-17)22-25-18(2)21(31-22)23(28)27(16-19-6-8-24-9-7-19)11-3-10-26-12-14-29-15-13-26/h4-9H,3,10-16H2,1-2H3. The molecule has 0 spiro atoms. The molecule has 0 atom stereocenters. The Hall–Kier alpha value is -2.55. The summed E-state index contributed by atoms with van der Waals surface area (Å²) in [5.74, 6) is 1.55. The number of rotatable bonds is 8. The molecular formula is C23H28N4O3S. The molecule has 3 aromatic heterocycles. The Labute approximate surface area is 186 Å². The van der Waals surface area contributed by atoms with Gasteiger partial charge in [-0.15, -0.1) is 11.3 Å². The molecule has 4 rings (SSSR count). The Morgan fingerprint density at radius 2 is 1.94 bits per heavy atom. The Kier molecular flexibility index (Phi) is 7.11. The number of pyridine rings is 1. The van der Waals surface area contributed by atoms with Crippen LogP contribution in [-0.2, 0) is 11.3 Å². The number of carbonyl (C=O) groups excluding carboxylic acids is 1. The van der Waals surface area contributed by atoms with E-state index in [-0.39, 0.29) is 5.91 Å². The SMILES string of the molecule is Cc1ccc(-c2nc(C)c(C(=O)N(CCCN3CCOCC3)Cc3ccncc3)s2)o1. The van der Waals surface area contributed by atoms with E-state index in [1.165, 1.54) is 11.3 Å². The van der Waals surface area contributed by atoms with E-state index in [0.29, 0.717) is 23.7 Å². The Morgan fingerprint density at radius 3 is 2.65 bits per heavy atom. The van der Waals surface area contributed by atoms with Crippen LogP contribution in [0.15, 0.2) is 41.1 Å². The van der Waals surface area contributed by atoms with Gasteiger partial charge in [-0.1, -0.05) is 0 Å². The van der Waals surface area contributed by atoms with Crippen molar-refractivity contribution in [3.63, 3.8) is 0 Å². The van der Waals surface area contributed by atoms with E-state index in [9.17, 15) is 4.79 Å².